The second kappa shape index (κ2) is 12.0. The molecule has 0 spiro atoms. The maximum absolute atomic E-state index is 6.73. The Labute approximate surface area is 321 Å². The molecule has 0 amide bonds. The Hall–Kier alpha value is -7.56. The highest BCUT2D eigenvalue weighted by molar-refractivity contribution is 6.20. The van der Waals surface area contributed by atoms with Gasteiger partial charge in [0.1, 0.15) is 16.7 Å². The van der Waals surface area contributed by atoms with Crippen molar-refractivity contribution in [3.63, 3.8) is 0 Å². The van der Waals surface area contributed by atoms with Gasteiger partial charge in [-0.3, -0.25) is 0 Å². The number of anilines is 3. The van der Waals surface area contributed by atoms with Crippen LogP contribution in [0, 0.1) is 0 Å². The highest BCUT2D eigenvalue weighted by Gasteiger charge is 2.24. The second-order valence-corrected chi connectivity index (χ2v) is 14.4. The summed E-state index contributed by atoms with van der Waals surface area (Å²) in [6.07, 6.45) is 0. The van der Waals surface area contributed by atoms with Gasteiger partial charge in [0.05, 0.1) is 22.4 Å². The van der Waals surface area contributed by atoms with Crippen LogP contribution in [0.15, 0.2) is 203 Å². The van der Waals surface area contributed by atoms with Gasteiger partial charge in [-0.1, -0.05) is 127 Å². The lowest BCUT2D eigenvalue weighted by Gasteiger charge is -2.28. The lowest BCUT2D eigenvalue weighted by Crippen LogP contribution is -2.11. The summed E-state index contributed by atoms with van der Waals surface area (Å²) >= 11 is 0. The van der Waals surface area contributed by atoms with Crippen molar-refractivity contribution in [2.75, 3.05) is 4.90 Å². The molecule has 4 heteroatoms. The number of hydrogen-bond donors (Lipinski definition) is 0. The Morgan fingerprint density at radius 2 is 0.946 bits per heavy atom. The molecular formula is C52H32N2O2. The average molecular weight is 717 g/mol. The molecule has 0 saturated carbocycles. The van der Waals surface area contributed by atoms with E-state index in [0.29, 0.717) is 0 Å². The monoisotopic (exact) mass is 716 g/mol. The Kier molecular flexibility index (Phi) is 6.60. The standard InChI is InChI=1S/C52H32N2O2/c1-2-14-36-33(13-1)27-32-43-50-41(19-12-26-49(50)56-51(36)43)39-17-5-9-23-46(39)54(47-24-11-20-42-40-18-6-10-25-48(40)55-52(42)47)35-30-28-34(29-31-35)53-44-21-7-3-15-37(44)38-16-4-8-22-45(38)53/h1-32H. The molecule has 3 aromatic heterocycles. The SMILES string of the molecule is c1ccc(N(c2ccc(-n3c4ccccc4c4ccccc43)cc2)c2cccc3c2oc2ccccc23)c(-c2cccc3oc4c5ccccc5ccc4c23)c1. The molecule has 0 N–H and O–H groups in total. The van der Waals surface area contributed by atoms with Gasteiger partial charge in [0, 0.05) is 54.6 Å². The minimum Gasteiger partial charge on any atom is -0.455 e. The molecule has 0 fully saturated rings. The Bertz CT molecular complexity index is 3440. The first-order valence-electron chi connectivity index (χ1n) is 19.0. The molecule has 0 bridgehead atoms. The van der Waals surface area contributed by atoms with Gasteiger partial charge in [0.25, 0.3) is 0 Å². The minimum absolute atomic E-state index is 0.841. The average Bonchev–Trinajstić information content (AvgIpc) is 3.95. The molecule has 0 saturated heterocycles. The number of hydrogen-bond acceptors (Lipinski definition) is 3. The molecule has 9 aromatic carbocycles. The van der Waals surface area contributed by atoms with Crippen LogP contribution < -0.4 is 4.90 Å². The van der Waals surface area contributed by atoms with Crippen molar-refractivity contribution in [3.8, 4) is 16.8 Å². The molecule has 3 heterocycles. The lowest BCUT2D eigenvalue weighted by atomic mass is 9.96. The van der Waals surface area contributed by atoms with Crippen LogP contribution in [-0.2, 0) is 0 Å². The third-order valence-corrected chi connectivity index (χ3v) is 11.4. The fourth-order valence-corrected chi connectivity index (χ4v) is 8.94. The van der Waals surface area contributed by atoms with Gasteiger partial charge in [-0.15, -0.1) is 0 Å². The van der Waals surface area contributed by atoms with E-state index in [-0.39, 0.29) is 0 Å². The van der Waals surface area contributed by atoms with Gasteiger partial charge in [-0.25, -0.2) is 0 Å². The van der Waals surface area contributed by atoms with E-state index in [1.807, 2.05) is 12.1 Å². The predicted octanol–water partition coefficient (Wildman–Crippen LogP) is 14.9. The van der Waals surface area contributed by atoms with E-state index in [1.54, 1.807) is 0 Å². The topological polar surface area (TPSA) is 34.5 Å². The molecule has 0 aliphatic carbocycles. The predicted molar refractivity (Wildman–Crippen MR) is 233 cm³/mol. The second-order valence-electron chi connectivity index (χ2n) is 14.4. The first-order valence-corrected chi connectivity index (χ1v) is 19.0. The molecule has 12 aromatic rings. The maximum Gasteiger partial charge on any atom is 0.159 e. The Morgan fingerprint density at radius 3 is 1.77 bits per heavy atom. The highest BCUT2D eigenvalue weighted by Crippen LogP contribution is 2.48. The molecule has 0 unspecified atom stereocenters. The van der Waals surface area contributed by atoms with Crippen molar-refractivity contribution in [3.05, 3.63) is 194 Å². The summed E-state index contributed by atoms with van der Waals surface area (Å²) in [7, 11) is 0. The van der Waals surface area contributed by atoms with Crippen LogP contribution in [0.2, 0.25) is 0 Å². The van der Waals surface area contributed by atoms with E-state index in [4.69, 9.17) is 8.83 Å². The zero-order chi connectivity index (χ0) is 36.7. The Balaban J connectivity index is 1.11. The van der Waals surface area contributed by atoms with Crippen LogP contribution in [0.25, 0.3) is 93.3 Å². The molecule has 0 aliphatic rings. The van der Waals surface area contributed by atoms with E-state index in [1.165, 1.54) is 21.8 Å². The number of fused-ring (bicyclic) bond motifs is 11. The normalized spacial score (nSPS) is 11.9. The van der Waals surface area contributed by atoms with E-state index >= 15 is 0 Å². The van der Waals surface area contributed by atoms with E-state index in [2.05, 4.69) is 191 Å². The zero-order valence-electron chi connectivity index (χ0n) is 30.2. The largest absolute Gasteiger partial charge is 0.455 e. The third kappa shape index (κ3) is 4.47. The van der Waals surface area contributed by atoms with Crippen LogP contribution >= 0.6 is 0 Å². The van der Waals surface area contributed by atoms with Gasteiger partial charge in [-0.05, 0) is 77.7 Å². The molecule has 56 heavy (non-hydrogen) atoms. The maximum atomic E-state index is 6.73. The summed E-state index contributed by atoms with van der Waals surface area (Å²) in [5.74, 6) is 0. The summed E-state index contributed by atoms with van der Waals surface area (Å²) in [6, 6.07) is 68.9. The number of nitrogens with zero attached hydrogens (tertiary/aromatic N) is 2. The summed E-state index contributed by atoms with van der Waals surface area (Å²) in [5.41, 5.74) is 12.2. The number of furan rings is 2. The molecule has 4 nitrogen and oxygen atoms in total. The van der Waals surface area contributed by atoms with E-state index in [9.17, 15) is 0 Å². The first-order chi connectivity index (χ1) is 27.8. The van der Waals surface area contributed by atoms with Crippen LogP contribution in [-0.4, -0.2) is 4.57 Å². The van der Waals surface area contributed by atoms with Gasteiger partial charge in [0.15, 0.2) is 5.58 Å². The van der Waals surface area contributed by atoms with E-state index in [0.717, 1.165) is 88.5 Å². The zero-order valence-corrected chi connectivity index (χ0v) is 30.2. The van der Waals surface area contributed by atoms with Gasteiger partial charge < -0.3 is 18.3 Å². The number of para-hydroxylation sites is 5. The van der Waals surface area contributed by atoms with Crippen molar-refractivity contribution in [1.29, 1.82) is 0 Å². The summed E-state index contributed by atoms with van der Waals surface area (Å²) < 4.78 is 15.8. The smallest absolute Gasteiger partial charge is 0.159 e. The number of aromatic nitrogens is 1. The minimum atomic E-state index is 0.841. The van der Waals surface area contributed by atoms with Crippen molar-refractivity contribution < 1.29 is 8.83 Å². The fraction of sp³-hybridized carbons (Fsp3) is 0. The lowest BCUT2D eigenvalue weighted by molar-refractivity contribution is 0.669. The van der Waals surface area contributed by atoms with Gasteiger partial charge in [-0.2, -0.15) is 0 Å². The molecule has 0 radical (unpaired) electrons. The summed E-state index contributed by atoms with van der Waals surface area (Å²) in [4.78, 5) is 2.35. The van der Waals surface area contributed by atoms with Crippen LogP contribution in [0.1, 0.15) is 0 Å². The summed E-state index contributed by atoms with van der Waals surface area (Å²) in [5, 5.41) is 9.15. The Morgan fingerprint density at radius 1 is 0.357 bits per heavy atom. The van der Waals surface area contributed by atoms with Gasteiger partial charge in [0.2, 0.25) is 0 Å². The molecule has 0 aliphatic heterocycles. The van der Waals surface area contributed by atoms with Crippen LogP contribution in [0.5, 0.6) is 0 Å². The molecular weight excluding hydrogens is 685 g/mol. The molecule has 262 valence electrons. The number of benzene rings is 9. The first kappa shape index (κ1) is 30.9. The van der Waals surface area contributed by atoms with Crippen molar-refractivity contribution in [2.24, 2.45) is 0 Å². The fourth-order valence-electron chi connectivity index (χ4n) is 8.94. The molecule has 0 atom stereocenters. The summed E-state index contributed by atoms with van der Waals surface area (Å²) in [6.45, 7) is 0. The van der Waals surface area contributed by atoms with Crippen LogP contribution in [0.4, 0.5) is 17.1 Å². The van der Waals surface area contributed by atoms with Gasteiger partial charge >= 0.3 is 0 Å². The molecule has 12 rings (SSSR count). The van der Waals surface area contributed by atoms with Crippen molar-refractivity contribution in [2.45, 2.75) is 0 Å². The quantitative estimate of drug-likeness (QED) is 0.178. The number of rotatable bonds is 5. The highest BCUT2D eigenvalue weighted by atomic mass is 16.3. The third-order valence-electron chi connectivity index (χ3n) is 11.4. The van der Waals surface area contributed by atoms with Crippen molar-refractivity contribution >= 4 is 93.5 Å². The van der Waals surface area contributed by atoms with E-state index < -0.39 is 0 Å². The van der Waals surface area contributed by atoms with Crippen molar-refractivity contribution in [1.82, 2.24) is 4.57 Å². The van der Waals surface area contributed by atoms with Crippen LogP contribution in [0.3, 0.4) is 0 Å².